The number of para-hydroxylation sites is 1. The van der Waals surface area contributed by atoms with Crippen molar-refractivity contribution in [3.8, 4) is 0 Å². The van der Waals surface area contributed by atoms with Crippen LogP contribution < -0.4 is 0 Å². The third kappa shape index (κ3) is 2.61. The monoisotopic (exact) mass is 267 g/mol. The number of nitrogens with zero attached hydrogens (tertiary/aromatic N) is 1. The fourth-order valence-corrected chi connectivity index (χ4v) is 3.36. The van der Waals surface area contributed by atoms with Gasteiger partial charge in [0.15, 0.2) is 0 Å². The minimum Gasteiger partial charge on any atom is -0.388 e. The number of aliphatic hydroxyl groups is 1. The average Bonchev–Trinajstić information content (AvgIpc) is 2.45. The lowest BCUT2D eigenvalue weighted by Crippen LogP contribution is -2.19. The van der Waals surface area contributed by atoms with Crippen molar-refractivity contribution in [2.45, 2.75) is 32.8 Å². The number of aliphatic hydroxyl groups excluding tert-OH is 1. The maximum absolute atomic E-state index is 10.7. The molecule has 3 rings (SSSR count). The Labute approximate surface area is 120 Å². The first-order valence-electron chi connectivity index (χ1n) is 7.33. The molecular formula is C18H21NO. The number of pyridine rings is 1. The Morgan fingerprint density at radius 3 is 2.90 bits per heavy atom. The number of allylic oxidation sites excluding steroid dienone is 2. The van der Waals surface area contributed by atoms with Crippen LogP contribution in [0.15, 0.2) is 48.2 Å². The van der Waals surface area contributed by atoms with Gasteiger partial charge in [-0.3, -0.25) is 4.98 Å². The van der Waals surface area contributed by atoms with E-state index in [-0.39, 0.29) is 0 Å². The molecule has 2 nitrogen and oxygen atoms in total. The summed E-state index contributed by atoms with van der Waals surface area (Å²) in [5, 5.41) is 11.8. The molecular weight excluding hydrogens is 246 g/mol. The van der Waals surface area contributed by atoms with Gasteiger partial charge in [-0.1, -0.05) is 36.8 Å². The third-order valence-corrected chi connectivity index (χ3v) is 4.23. The first kappa shape index (κ1) is 13.3. The van der Waals surface area contributed by atoms with Crippen molar-refractivity contribution in [1.82, 2.24) is 4.98 Å². The van der Waals surface area contributed by atoms with E-state index < -0.39 is 6.10 Å². The number of hydrogen-bond donors (Lipinski definition) is 1. The molecule has 2 heteroatoms. The molecule has 3 atom stereocenters. The summed E-state index contributed by atoms with van der Waals surface area (Å²) in [7, 11) is 0. The van der Waals surface area contributed by atoms with Crippen LogP contribution in [0.3, 0.4) is 0 Å². The molecule has 0 saturated carbocycles. The molecule has 0 bridgehead atoms. The van der Waals surface area contributed by atoms with Gasteiger partial charge in [0.1, 0.15) is 0 Å². The Balaban J connectivity index is 1.88. The lowest BCUT2D eigenvalue weighted by atomic mass is 9.79. The van der Waals surface area contributed by atoms with Crippen molar-refractivity contribution < 1.29 is 5.11 Å². The summed E-state index contributed by atoms with van der Waals surface area (Å²) in [5.74, 6) is 0.856. The van der Waals surface area contributed by atoms with Crippen LogP contribution in [-0.2, 0) is 0 Å². The van der Waals surface area contributed by atoms with E-state index in [9.17, 15) is 5.11 Å². The predicted molar refractivity (Wildman–Crippen MR) is 82.3 cm³/mol. The number of benzene rings is 1. The second-order valence-electron chi connectivity index (χ2n) is 6.10. The van der Waals surface area contributed by atoms with Crippen LogP contribution in [0.5, 0.6) is 0 Å². The second-order valence-corrected chi connectivity index (χ2v) is 6.10. The highest BCUT2D eigenvalue weighted by Gasteiger charge is 2.26. The molecule has 0 spiro atoms. The van der Waals surface area contributed by atoms with Gasteiger partial charge in [0.2, 0.25) is 0 Å². The quantitative estimate of drug-likeness (QED) is 0.825. The highest BCUT2D eigenvalue weighted by molar-refractivity contribution is 5.78. The van der Waals surface area contributed by atoms with Crippen LogP contribution in [0.4, 0.5) is 0 Å². The molecule has 1 aromatic carbocycles. The van der Waals surface area contributed by atoms with Crippen molar-refractivity contribution >= 4 is 10.9 Å². The van der Waals surface area contributed by atoms with Crippen LogP contribution in [0.1, 0.15) is 38.4 Å². The summed E-state index contributed by atoms with van der Waals surface area (Å²) >= 11 is 0. The Morgan fingerprint density at radius 2 is 2.10 bits per heavy atom. The third-order valence-electron chi connectivity index (χ3n) is 4.23. The fraction of sp³-hybridized carbons (Fsp3) is 0.389. The zero-order chi connectivity index (χ0) is 14.1. The largest absolute Gasteiger partial charge is 0.388 e. The van der Waals surface area contributed by atoms with Crippen molar-refractivity contribution in [2.24, 2.45) is 11.8 Å². The summed E-state index contributed by atoms with van der Waals surface area (Å²) in [6.45, 7) is 4.38. The SMILES string of the molecule is CC1=CC(C)CC(C(O)c2cnc3ccccc3c2)C1. The van der Waals surface area contributed by atoms with Gasteiger partial charge in [0, 0.05) is 11.6 Å². The first-order valence-corrected chi connectivity index (χ1v) is 7.33. The summed E-state index contributed by atoms with van der Waals surface area (Å²) in [4.78, 5) is 4.46. The maximum atomic E-state index is 10.7. The van der Waals surface area contributed by atoms with E-state index in [2.05, 4.69) is 31.0 Å². The topological polar surface area (TPSA) is 33.1 Å². The van der Waals surface area contributed by atoms with Gasteiger partial charge in [0.05, 0.1) is 11.6 Å². The van der Waals surface area contributed by atoms with E-state index in [1.165, 1.54) is 5.57 Å². The molecule has 0 aliphatic heterocycles. The number of hydrogen-bond acceptors (Lipinski definition) is 2. The molecule has 20 heavy (non-hydrogen) atoms. The second kappa shape index (κ2) is 5.37. The highest BCUT2D eigenvalue weighted by atomic mass is 16.3. The van der Waals surface area contributed by atoms with E-state index in [4.69, 9.17) is 0 Å². The number of aromatic nitrogens is 1. The molecule has 104 valence electrons. The minimum absolute atomic E-state index is 0.304. The Bertz CT molecular complexity index is 647. The maximum Gasteiger partial charge on any atom is 0.0836 e. The van der Waals surface area contributed by atoms with E-state index in [1.54, 1.807) is 0 Å². The number of fused-ring (bicyclic) bond motifs is 1. The molecule has 3 unspecified atom stereocenters. The normalized spacial score (nSPS) is 24.4. The van der Waals surface area contributed by atoms with E-state index in [0.717, 1.165) is 29.3 Å². The van der Waals surface area contributed by atoms with Gasteiger partial charge in [0.25, 0.3) is 0 Å². The molecule has 2 aromatic rings. The zero-order valence-electron chi connectivity index (χ0n) is 12.1. The van der Waals surface area contributed by atoms with Crippen LogP contribution >= 0.6 is 0 Å². The standard InChI is InChI=1S/C18H21NO/c1-12-7-13(2)9-15(8-12)18(20)16-10-14-5-3-4-6-17(14)19-11-16/h3-7,10-12,15,18,20H,8-9H2,1-2H3. The van der Waals surface area contributed by atoms with Crippen molar-refractivity contribution in [3.63, 3.8) is 0 Å². The summed E-state index contributed by atoms with van der Waals surface area (Å²) in [6, 6.07) is 10.1. The first-order chi connectivity index (χ1) is 9.63. The van der Waals surface area contributed by atoms with Crippen molar-refractivity contribution in [1.29, 1.82) is 0 Å². The molecule has 1 aromatic heterocycles. The Hall–Kier alpha value is -1.67. The predicted octanol–water partition coefficient (Wildman–Crippen LogP) is 4.26. The smallest absolute Gasteiger partial charge is 0.0836 e. The van der Waals surface area contributed by atoms with Crippen LogP contribution in [0.2, 0.25) is 0 Å². The zero-order valence-corrected chi connectivity index (χ0v) is 12.1. The van der Waals surface area contributed by atoms with E-state index in [0.29, 0.717) is 11.8 Å². The van der Waals surface area contributed by atoms with Gasteiger partial charge < -0.3 is 5.11 Å². The summed E-state index contributed by atoms with van der Waals surface area (Å²) < 4.78 is 0. The average molecular weight is 267 g/mol. The molecule has 1 N–H and O–H groups in total. The molecule has 1 heterocycles. The van der Waals surface area contributed by atoms with Crippen LogP contribution in [-0.4, -0.2) is 10.1 Å². The molecule has 1 aliphatic carbocycles. The molecule has 1 aliphatic rings. The highest BCUT2D eigenvalue weighted by Crippen LogP contribution is 2.36. The molecule has 0 saturated heterocycles. The van der Waals surface area contributed by atoms with Gasteiger partial charge in [-0.15, -0.1) is 0 Å². The summed E-state index contributed by atoms with van der Waals surface area (Å²) in [6.07, 6.45) is 5.76. The van der Waals surface area contributed by atoms with Crippen LogP contribution in [0, 0.1) is 11.8 Å². The van der Waals surface area contributed by atoms with Gasteiger partial charge in [-0.25, -0.2) is 0 Å². The lowest BCUT2D eigenvalue weighted by molar-refractivity contribution is 0.0931. The van der Waals surface area contributed by atoms with E-state index >= 15 is 0 Å². The van der Waals surface area contributed by atoms with Crippen molar-refractivity contribution in [3.05, 3.63) is 53.7 Å². The number of rotatable bonds is 2. The lowest BCUT2D eigenvalue weighted by Gasteiger charge is -2.29. The summed E-state index contributed by atoms with van der Waals surface area (Å²) in [5.41, 5.74) is 3.31. The van der Waals surface area contributed by atoms with Gasteiger partial charge in [-0.05, 0) is 49.3 Å². The minimum atomic E-state index is -0.418. The van der Waals surface area contributed by atoms with Crippen LogP contribution in [0.25, 0.3) is 10.9 Å². The Morgan fingerprint density at radius 1 is 1.30 bits per heavy atom. The van der Waals surface area contributed by atoms with Gasteiger partial charge in [-0.2, -0.15) is 0 Å². The Kier molecular flexibility index (Phi) is 3.58. The molecule has 0 radical (unpaired) electrons. The van der Waals surface area contributed by atoms with E-state index in [1.807, 2.05) is 30.5 Å². The van der Waals surface area contributed by atoms with Crippen molar-refractivity contribution in [2.75, 3.05) is 0 Å². The molecule has 0 amide bonds. The molecule has 0 fully saturated rings. The van der Waals surface area contributed by atoms with Gasteiger partial charge >= 0.3 is 0 Å². The fourth-order valence-electron chi connectivity index (χ4n) is 3.36.